The number of carbonyl (C=O) groups excluding carboxylic acids is 1. The molecule has 1 amide bonds. The summed E-state index contributed by atoms with van der Waals surface area (Å²) in [6, 6.07) is 8.27. The van der Waals surface area contributed by atoms with Crippen molar-refractivity contribution in [1.82, 2.24) is 9.88 Å². The first-order valence-corrected chi connectivity index (χ1v) is 7.67. The first-order valence-electron chi connectivity index (χ1n) is 6.88. The van der Waals surface area contributed by atoms with Crippen LogP contribution in [0, 0.1) is 5.82 Å². The lowest BCUT2D eigenvalue weighted by atomic mass is 10.2. The Bertz CT molecular complexity index is 811. The number of fused-ring (bicyclic) bond motifs is 1. The van der Waals surface area contributed by atoms with Crippen LogP contribution in [0.1, 0.15) is 23.2 Å². The van der Waals surface area contributed by atoms with Gasteiger partial charge in [0.25, 0.3) is 5.91 Å². The van der Waals surface area contributed by atoms with Crippen molar-refractivity contribution in [3.63, 3.8) is 0 Å². The highest BCUT2D eigenvalue weighted by molar-refractivity contribution is 9.10. The molecule has 2 aromatic heterocycles. The summed E-state index contributed by atoms with van der Waals surface area (Å²) in [5.74, 6) is 0.152. The molecule has 1 aromatic carbocycles. The van der Waals surface area contributed by atoms with Crippen LogP contribution in [0.25, 0.3) is 10.9 Å². The lowest BCUT2D eigenvalue weighted by Crippen LogP contribution is -2.30. The van der Waals surface area contributed by atoms with Crippen LogP contribution in [0.5, 0.6) is 0 Å². The third kappa shape index (κ3) is 2.78. The van der Waals surface area contributed by atoms with Gasteiger partial charge in [-0.15, -0.1) is 0 Å². The van der Waals surface area contributed by atoms with Crippen LogP contribution in [0.15, 0.2) is 45.5 Å². The Kier molecular flexibility index (Phi) is 4.02. The number of aromatic nitrogens is 1. The zero-order chi connectivity index (χ0) is 15.7. The van der Waals surface area contributed by atoms with Gasteiger partial charge in [-0.25, -0.2) is 4.39 Å². The molecule has 0 aliphatic rings. The maximum absolute atomic E-state index is 13.9. The smallest absolute Gasteiger partial charge is 0.270 e. The highest BCUT2D eigenvalue weighted by atomic mass is 79.9. The zero-order valence-corrected chi connectivity index (χ0v) is 13.5. The normalized spacial score (nSPS) is 11.0. The van der Waals surface area contributed by atoms with Crippen molar-refractivity contribution in [1.29, 1.82) is 0 Å². The van der Waals surface area contributed by atoms with Crippen LogP contribution in [0.2, 0.25) is 0 Å². The van der Waals surface area contributed by atoms with Gasteiger partial charge in [-0.05, 0) is 37.3 Å². The number of benzene rings is 1. The van der Waals surface area contributed by atoms with E-state index in [1.807, 2.05) is 13.0 Å². The van der Waals surface area contributed by atoms with Gasteiger partial charge in [0.2, 0.25) is 0 Å². The summed E-state index contributed by atoms with van der Waals surface area (Å²) in [7, 11) is 0. The van der Waals surface area contributed by atoms with Gasteiger partial charge in [-0.3, -0.25) is 4.79 Å². The topological polar surface area (TPSA) is 49.2 Å². The third-order valence-corrected chi connectivity index (χ3v) is 3.94. The molecule has 0 saturated heterocycles. The summed E-state index contributed by atoms with van der Waals surface area (Å²) in [6.07, 6.45) is 1.57. The quantitative estimate of drug-likeness (QED) is 0.749. The Morgan fingerprint density at radius 2 is 2.23 bits per heavy atom. The number of nitrogens with one attached hydrogen (secondary N) is 1. The largest absolute Gasteiger partial charge is 0.467 e. The van der Waals surface area contributed by atoms with Crippen molar-refractivity contribution in [2.75, 3.05) is 6.54 Å². The first kappa shape index (κ1) is 14.8. The molecule has 0 atom stereocenters. The molecule has 1 N–H and O–H groups in total. The molecule has 0 aliphatic heterocycles. The van der Waals surface area contributed by atoms with Crippen molar-refractivity contribution in [3.05, 3.63) is 58.3 Å². The number of aromatic amines is 1. The third-order valence-electron chi connectivity index (χ3n) is 3.48. The number of carbonyl (C=O) groups is 1. The average Bonchev–Trinajstić information content (AvgIpc) is 3.12. The lowest BCUT2D eigenvalue weighted by molar-refractivity contribution is 0.0736. The van der Waals surface area contributed by atoms with Gasteiger partial charge in [0, 0.05) is 16.4 Å². The zero-order valence-electron chi connectivity index (χ0n) is 11.9. The van der Waals surface area contributed by atoms with Crippen LogP contribution in [0.4, 0.5) is 4.39 Å². The minimum absolute atomic E-state index is 0.189. The van der Waals surface area contributed by atoms with E-state index in [0.717, 1.165) is 0 Å². The van der Waals surface area contributed by atoms with Gasteiger partial charge < -0.3 is 14.3 Å². The lowest BCUT2D eigenvalue weighted by Gasteiger charge is -2.18. The van der Waals surface area contributed by atoms with Crippen LogP contribution in [0.3, 0.4) is 0 Å². The Morgan fingerprint density at radius 1 is 1.41 bits per heavy atom. The van der Waals surface area contributed by atoms with E-state index in [0.29, 0.717) is 39.9 Å². The molecule has 3 aromatic rings. The second kappa shape index (κ2) is 5.96. The molecule has 3 rings (SSSR count). The fourth-order valence-electron chi connectivity index (χ4n) is 2.36. The SMILES string of the molecule is CCN(Cc1ccco1)C(=O)c1cc2c(F)cc(Br)cc2[nH]1. The van der Waals surface area contributed by atoms with Crippen LogP contribution >= 0.6 is 15.9 Å². The average molecular weight is 365 g/mol. The van der Waals surface area contributed by atoms with Crippen LogP contribution < -0.4 is 0 Å². The van der Waals surface area contributed by atoms with Crippen molar-refractivity contribution in [3.8, 4) is 0 Å². The Hall–Kier alpha value is -2.08. The molecule has 0 aliphatic carbocycles. The van der Waals surface area contributed by atoms with E-state index in [4.69, 9.17) is 4.42 Å². The number of H-pyrrole nitrogens is 1. The molecular formula is C16H14BrFN2O2. The second-order valence-electron chi connectivity index (χ2n) is 4.93. The molecule has 0 unspecified atom stereocenters. The van der Waals surface area contributed by atoms with E-state index in [1.165, 1.54) is 6.07 Å². The van der Waals surface area contributed by atoms with Crippen LogP contribution in [-0.4, -0.2) is 22.3 Å². The van der Waals surface area contributed by atoms with Crippen molar-refractivity contribution >= 4 is 32.7 Å². The summed E-state index contributed by atoms with van der Waals surface area (Å²) in [5.41, 5.74) is 0.949. The number of rotatable bonds is 4. The van der Waals surface area contributed by atoms with E-state index in [2.05, 4.69) is 20.9 Å². The predicted octanol–water partition coefficient (Wildman–Crippen LogP) is 4.32. The molecule has 4 nitrogen and oxygen atoms in total. The number of furan rings is 1. The summed E-state index contributed by atoms with van der Waals surface area (Å²) in [4.78, 5) is 17.2. The van der Waals surface area contributed by atoms with E-state index in [1.54, 1.807) is 29.4 Å². The minimum atomic E-state index is -0.367. The molecule has 0 saturated carbocycles. The van der Waals surface area contributed by atoms with Crippen molar-refractivity contribution in [2.24, 2.45) is 0 Å². The van der Waals surface area contributed by atoms with E-state index in [9.17, 15) is 9.18 Å². The maximum atomic E-state index is 13.9. The first-order chi connectivity index (χ1) is 10.6. The molecule has 6 heteroatoms. The molecule has 0 spiro atoms. The standard InChI is InChI=1S/C16H14BrFN2O2/c1-2-20(9-11-4-3-5-22-11)16(21)15-8-12-13(18)6-10(17)7-14(12)19-15/h3-8,19H,2,9H2,1H3. The summed E-state index contributed by atoms with van der Waals surface area (Å²) < 4.78 is 19.8. The number of amides is 1. The van der Waals surface area contributed by atoms with E-state index < -0.39 is 0 Å². The van der Waals surface area contributed by atoms with Crippen molar-refractivity contribution < 1.29 is 13.6 Å². The van der Waals surface area contributed by atoms with Crippen molar-refractivity contribution in [2.45, 2.75) is 13.5 Å². The highest BCUT2D eigenvalue weighted by Crippen LogP contribution is 2.24. The molecule has 114 valence electrons. The molecule has 22 heavy (non-hydrogen) atoms. The van der Waals surface area contributed by atoms with Gasteiger partial charge in [-0.1, -0.05) is 15.9 Å². The Morgan fingerprint density at radius 3 is 2.91 bits per heavy atom. The van der Waals surface area contributed by atoms with Gasteiger partial charge in [0.05, 0.1) is 18.3 Å². The molecule has 0 fully saturated rings. The van der Waals surface area contributed by atoms with Gasteiger partial charge in [-0.2, -0.15) is 0 Å². The predicted molar refractivity (Wildman–Crippen MR) is 85.1 cm³/mol. The number of halogens is 2. The maximum Gasteiger partial charge on any atom is 0.270 e. The molecular weight excluding hydrogens is 351 g/mol. The van der Waals surface area contributed by atoms with Gasteiger partial charge in [0.15, 0.2) is 0 Å². The van der Waals surface area contributed by atoms with Gasteiger partial charge in [0.1, 0.15) is 17.3 Å². The molecule has 0 radical (unpaired) electrons. The Balaban J connectivity index is 1.91. The fourth-order valence-corrected chi connectivity index (χ4v) is 2.79. The summed E-state index contributed by atoms with van der Waals surface area (Å²) in [6.45, 7) is 2.80. The molecule has 0 bridgehead atoms. The molecule has 2 heterocycles. The number of hydrogen-bond donors (Lipinski definition) is 1. The fraction of sp³-hybridized carbons (Fsp3) is 0.188. The minimum Gasteiger partial charge on any atom is -0.467 e. The van der Waals surface area contributed by atoms with Gasteiger partial charge >= 0.3 is 0 Å². The van der Waals surface area contributed by atoms with Crippen LogP contribution in [-0.2, 0) is 6.54 Å². The van der Waals surface area contributed by atoms with E-state index >= 15 is 0 Å². The monoisotopic (exact) mass is 364 g/mol. The Labute approximate surface area is 135 Å². The highest BCUT2D eigenvalue weighted by Gasteiger charge is 2.19. The second-order valence-corrected chi connectivity index (χ2v) is 5.85. The van der Waals surface area contributed by atoms with E-state index in [-0.39, 0.29) is 11.7 Å². The summed E-state index contributed by atoms with van der Waals surface area (Å²) in [5, 5.41) is 0.403. The number of hydrogen-bond acceptors (Lipinski definition) is 2. The summed E-state index contributed by atoms with van der Waals surface area (Å²) >= 11 is 3.24. The number of nitrogens with zero attached hydrogens (tertiary/aromatic N) is 1.